The fraction of sp³-hybridized carbons (Fsp3) is 0.750. The van der Waals surface area contributed by atoms with Crippen molar-refractivity contribution in [1.82, 2.24) is 0 Å². The zero-order valence-corrected chi connectivity index (χ0v) is 13.3. The topological polar surface area (TPSA) is 114 Å². The molecule has 4 atom stereocenters. The molecule has 3 fully saturated rings. The first kappa shape index (κ1) is 16.3. The molecule has 22 heavy (non-hydrogen) atoms. The van der Waals surface area contributed by atoms with Crippen molar-refractivity contribution in [2.45, 2.75) is 52.4 Å². The Labute approximate surface area is 130 Å². The van der Waals surface area contributed by atoms with Gasteiger partial charge in [0, 0.05) is 6.92 Å². The molecule has 3 aliphatic heterocycles. The summed E-state index contributed by atoms with van der Waals surface area (Å²) in [6.45, 7) is 7.32. The molecule has 0 saturated carbocycles. The third-order valence-electron chi connectivity index (χ3n) is 4.94. The van der Waals surface area contributed by atoms with Crippen molar-refractivity contribution in [3.63, 3.8) is 0 Å². The molecule has 0 aromatic rings. The highest BCUT2D eigenvalue weighted by molar-refractivity contribution is 5.88. The second-order valence-electron chi connectivity index (χ2n) is 6.52. The van der Waals surface area contributed by atoms with Crippen molar-refractivity contribution in [1.29, 1.82) is 21.2 Å². The first-order chi connectivity index (χ1) is 10.3. The van der Waals surface area contributed by atoms with E-state index in [-0.39, 0.29) is 11.8 Å². The molecule has 0 aromatic carbocycles. The molecule has 3 saturated heterocycles. The number of nitrogens with one attached hydrogen (secondary N) is 1. The van der Waals surface area contributed by atoms with Crippen molar-refractivity contribution in [2.75, 3.05) is 0 Å². The van der Waals surface area contributed by atoms with E-state index >= 15 is 0 Å². The number of rotatable bonds is 3. The van der Waals surface area contributed by atoms with Crippen LogP contribution in [0.1, 0.15) is 40.5 Å². The van der Waals surface area contributed by atoms with Gasteiger partial charge in [-0.3, -0.25) is 5.41 Å². The van der Waals surface area contributed by atoms with E-state index in [1.165, 1.54) is 0 Å². The minimum absolute atomic E-state index is 0.133. The van der Waals surface area contributed by atoms with Crippen LogP contribution in [0.4, 0.5) is 0 Å². The lowest BCUT2D eigenvalue weighted by molar-refractivity contribution is -0.347. The second-order valence-corrected chi connectivity index (χ2v) is 6.52. The highest BCUT2D eigenvalue weighted by Crippen LogP contribution is 2.64. The maximum Gasteiger partial charge on any atom is 0.215 e. The van der Waals surface area contributed by atoms with Gasteiger partial charge in [0.25, 0.3) is 0 Å². The molecular weight excluding hydrogens is 280 g/mol. The SMILES string of the molecule is CCC[C@H]1C(C#N)(C#N)[C@@]2(C#N)C(=N)O[C@@]1(C)O[C@@H]2C(C)C. The van der Waals surface area contributed by atoms with Crippen LogP contribution in [0.15, 0.2) is 0 Å². The van der Waals surface area contributed by atoms with Crippen molar-refractivity contribution < 1.29 is 9.47 Å². The third kappa shape index (κ3) is 1.58. The molecular formula is C16H20N4O2. The maximum atomic E-state index is 9.87. The number of nitriles is 3. The highest BCUT2D eigenvalue weighted by Gasteiger charge is 2.78. The molecule has 1 N–H and O–H groups in total. The zero-order chi connectivity index (χ0) is 16.8. The fourth-order valence-electron chi connectivity index (χ4n) is 3.96. The summed E-state index contributed by atoms with van der Waals surface area (Å²) in [7, 11) is 0. The lowest BCUT2D eigenvalue weighted by atomic mass is 9.49. The van der Waals surface area contributed by atoms with Crippen molar-refractivity contribution in [2.24, 2.45) is 22.7 Å². The third-order valence-corrected chi connectivity index (χ3v) is 4.94. The minimum atomic E-state index is -1.69. The summed E-state index contributed by atoms with van der Waals surface area (Å²) in [6.07, 6.45) is 0.509. The average Bonchev–Trinajstić information content (AvgIpc) is 2.48. The van der Waals surface area contributed by atoms with Gasteiger partial charge in [0.2, 0.25) is 11.7 Å². The minimum Gasteiger partial charge on any atom is -0.448 e. The molecule has 0 aliphatic carbocycles. The van der Waals surface area contributed by atoms with Crippen LogP contribution in [0.25, 0.3) is 0 Å². The van der Waals surface area contributed by atoms with Crippen LogP contribution in [0.3, 0.4) is 0 Å². The van der Waals surface area contributed by atoms with Crippen LogP contribution in [-0.4, -0.2) is 17.8 Å². The van der Waals surface area contributed by atoms with Gasteiger partial charge in [-0.25, -0.2) is 0 Å². The molecule has 2 bridgehead atoms. The molecule has 6 heteroatoms. The van der Waals surface area contributed by atoms with Crippen LogP contribution in [0, 0.1) is 62.1 Å². The Morgan fingerprint density at radius 2 is 1.82 bits per heavy atom. The lowest BCUT2D eigenvalue weighted by Crippen LogP contribution is -2.75. The van der Waals surface area contributed by atoms with Gasteiger partial charge in [-0.1, -0.05) is 27.2 Å². The van der Waals surface area contributed by atoms with Gasteiger partial charge in [0.05, 0.1) is 30.2 Å². The number of hydrogen-bond acceptors (Lipinski definition) is 6. The average molecular weight is 300 g/mol. The summed E-state index contributed by atoms with van der Waals surface area (Å²) in [4.78, 5) is 0. The monoisotopic (exact) mass is 300 g/mol. The Hall–Kier alpha value is -2.10. The van der Waals surface area contributed by atoms with Crippen LogP contribution >= 0.6 is 0 Å². The van der Waals surface area contributed by atoms with Crippen LogP contribution in [0.2, 0.25) is 0 Å². The zero-order valence-electron chi connectivity index (χ0n) is 13.3. The first-order valence-corrected chi connectivity index (χ1v) is 7.49. The predicted octanol–water partition coefficient (Wildman–Crippen LogP) is 2.72. The predicted molar refractivity (Wildman–Crippen MR) is 77.0 cm³/mol. The first-order valence-electron chi connectivity index (χ1n) is 7.49. The van der Waals surface area contributed by atoms with E-state index in [1.54, 1.807) is 6.92 Å². The van der Waals surface area contributed by atoms with Gasteiger partial charge in [-0.05, 0) is 12.3 Å². The van der Waals surface area contributed by atoms with Gasteiger partial charge >= 0.3 is 0 Å². The number of hydrogen-bond donors (Lipinski definition) is 1. The standard InChI is InChI=1S/C16H20N4O2/c1-5-6-11-14(4)21-12(10(2)3)16(9-19,13(20)22-14)15(11,7-17)8-18/h10-12,20H,5-6H2,1-4H3/t11-,12-,14-,16-/m1/s1. The van der Waals surface area contributed by atoms with E-state index in [0.717, 1.165) is 6.42 Å². The summed E-state index contributed by atoms with van der Waals surface area (Å²) >= 11 is 0. The summed E-state index contributed by atoms with van der Waals surface area (Å²) in [5.41, 5.74) is -3.34. The molecule has 0 radical (unpaired) electrons. The molecule has 0 amide bonds. The molecule has 116 valence electrons. The Bertz CT molecular complexity index is 610. The van der Waals surface area contributed by atoms with E-state index in [9.17, 15) is 15.8 Å². The summed E-state index contributed by atoms with van der Waals surface area (Å²) < 4.78 is 11.6. The van der Waals surface area contributed by atoms with Gasteiger partial charge < -0.3 is 9.47 Å². The highest BCUT2D eigenvalue weighted by atomic mass is 16.7. The van der Waals surface area contributed by atoms with Crippen molar-refractivity contribution in [3.8, 4) is 18.2 Å². The summed E-state index contributed by atoms with van der Waals surface area (Å²) in [6, 6.07) is 6.23. The largest absolute Gasteiger partial charge is 0.448 e. The van der Waals surface area contributed by atoms with Gasteiger partial charge in [-0.15, -0.1) is 0 Å². The van der Waals surface area contributed by atoms with Crippen LogP contribution < -0.4 is 0 Å². The van der Waals surface area contributed by atoms with Crippen molar-refractivity contribution >= 4 is 5.90 Å². The Balaban J connectivity index is 2.81. The summed E-state index contributed by atoms with van der Waals surface area (Å²) in [5.74, 6) is -2.26. The fourth-order valence-corrected chi connectivity index (χ4v) is 3.96. The lowest BCUT2D eigenvalue weighted by Gasteiger charge is -2.62. The maximum absolute atomic E-state index is 9.87. The Morgan fingerprint density at radius 3 is 2.23 bits per heavy atom. The molecule has 3 rings (SSSR count). The Kier molecular flexibility index (Phi) is 3.68. The van der Waals surface area contributed by atoms with E-state index in [4.69, 9.17) is 14.9 Å². The molecule has 0 unspecified atom stereocenters. The van der Waals surface area contributed by atoms with Gasteiger partial charge in [0.1, 0.15) is 0 Å². The van der Waals surface area contributed by atoms with Gasteiger partial charge in [-0.2, -0.15) is 15.8 Å². The smallest absolute Gasteiger partial charge is 0.215 e. The molecule has 6 nitrogen and oxygen atoms in total. The molecule has 3 heterocycles. The normalized spacial score (nSPS) is 38.7. The van der Waals surface area contributed by atoms with Crippen molar-refractivity contribution in [3.05, 3.63) is 0 Å². The van der Waals surface area contributed by atoms with Crippen LogP contribution in [-0.2, 0) is 9.47 Å². The molecule has 0 spiro atoms. The molecule has 0 aromatic heterocycles. The van der Waals surface area contributed by atoms with E-state index in [0.29, 0.717) is 6.42 Å². The molecule has 3 aliphatic rings. The summed E-state index contributed by atoms with van der Waals surface area (Å²) in [5, 5.41) is 37.8. The number of nitrogens with zero attached hydrogens (tertiary/aromatic N) is 3. The van der Waals surface area contributed by atoms with E-state index in [1.807, 2.05) is 20.8 Å². The van der Waals surface area contributed by atoms with Gasteiger partial charge in [0.15, 0.2) is 10.8 Å². The van der Waals surface area contributed by atoms with E-state index < -0.39 is 28.6 Å². The van der Waals surface area contributed by atoms with Crippen LogP contribution in [0.5, 0.6) is 0 Å². The Morgan fingerprint density at radius 1 is 1.23 bits per heavy atom. The second kappa shape index (κ2) is 4.97. The number of fused-ring (bicyclic) bond motifs is 3. The van der Waals surface area contributed by atoms with E-state index in [2.05, 4.69) is 18.2 Å². The number of ether oxygens (including phenoxy) is 2. The quantitative estimate of drug-likeness (QED) is 0.860.